The molecule has 0 radical (unpaired) electrons. The van der Waals surface area contributed by atoms with Crippen molar-refractivity contribution in [1.29, 1.82) is 0 Å². The standard InChI is InChI=1S/C12H15NO/c1-9-2-4-10(5-3-9)13-7-12-6-11(13)8-14-12/h2-5,11-12H,6-8H2,1H3/t11-,12-/m0/s1. The van der Waals surface area contributed by atoms with Crippen LogP contribution in [-0.4, -0.2) is 25.3 Å². The number of hydrogen-bond acceptors (Lipinski definition) is 2. The van der Waals surface area contributed by atoms with Gasteiger partial charge in [-0.25, -0.2) is 0 Å². The van der Waals surface area contributed by atoms with Crippen LogP contribution in [0.3, 0.4) is 0 Å². The molecule has 0 N–H and O–H groups in total. The first-order valence-electron chi connectivity index (χ1n) is 5.28. The Morgan fingerprint density at radius 1 is 1.29 bits per heavy atom. The minimum absolute atomic E-state index is 0.487. The van der Waals surface area contributed by atoms with Gasteiger partial charge in [0, 0.05) is 12.2 Å². The van der Waals surface area contributed by atoms with Crippen LogP contribution >= 0.6 is 0 Å². The summed E-state index contributed by atoms with van der Waals surface area (Å²) in [7, 11) is 0. The average Bonchev–Trinajstić information content (AvgIpc) is 2.80. The third kappa shape index (κ3) is 1.22. The third-order valence-corrected chi connectivity index (χ3v) is 3.27. The molecule has 2 heteroatoms. The van der Waals surface area contributed by atoms with Crippen LogP contribution in [0.1, 0.15) is 12.0 Å². The second kappa shape index (κ2) is 2.99. The molecular formula is C12H15NO. The maximum atomic E-state index is 5.59. The summed E-state index contributed by atoms with van der Waals surface area (Å²) in [5, 5.41) is 0. The Bertz CT molecular complexity index is 333. The number of hydrogen-bond donors (Lipinski definition) is 0. The van der Waals surface area contributed by atoms with Crippen molar-refractivity contribution in [3.63, 3.8) is 0 Å². The smallest absolute Gasteiger partial charge is 0.0771 e. The highest BCUT2D eigenvalue weighted by Gasteiger charge is 2.38. The minimum Gasteiger partial charge on any atom is -0.374 e. The van der Waals surface area contributed by atoms with Crippen LogP contribution in [0.5, 0.6) is 0 Å². The van der Waals surface area contributed by atoms with E-state index >= 15 is 0 Å². The van der Waals surface area contributed by atoms with E-state index in [9.17, 15) is 0 Å². The first-order chi connectivity index (χ1) is 6.83. The zero-order valence-electron chi connectivity index (χ0n) is 8.44. The fraction of sp³-hybridized carbons (Fsp3) is 0.500. The largest absolute Gasteiger partial charge is 0.374 e. The highest BCUT2D eigenvalue weighted by molar-refractivity contribution is 5.50. The SMILES string of the molecule is Cc1ccc(N2C[C@@H]3C[C@H]2CO3)cc1. The molecule has 0 spiro atoms. The molecule has 2 fully saturated rings. The number of aryl methyl sites for hydroxylation is 1. The van der Waals surface area contributed by atoms with Gasteiger partial charge in [-0.3, -0.25) is 0 Å². The van der Waals surface area contributed by atoms with E-state index in [0.29, 0.717) is 12.1 Å². The van der Waals surface area contributed by atoms with E-state index in [1.807, 2.05) is 0 Å². The zero-order chi connectivity index (χ0) is 9.54. The number of benzene rings is 1. The molecule has 2 heterocycles. The van der Waals surface area contributed by atoms with Gasteiger partial charge in [0.1, 0.15) is 0 Å². The Morgan fingerprint density at radius 2 is 2.07 bits per heavy atom. The van der Waals surface area contributed by atoms with Crippen molar-refractivity contribution in [3.05, 3.63) is 29.8 Å². The van der Waals surface area contributed by atoms with Crippen LogP contribution in [0.25, 0.3) is 0 Å². The summed E-state index contributed by atoms with van der Waals surface area (Å²) in [6.07, 6.45) is 1.70. The minimum atomic E-state index is 0.487. The molecule has 3 rings (SSSR count). The molecular weight excluding hydrogens is 174 g/mol. The summed E-state index contributed by atoms with van der Waals surface area (Å²) in [6.45, 7) is 4.12. The summed E-state index contributed by atoms with van der Waals surface area (Å²) in [6, 6.07) is 9.43. The molecule has 0 aromatic heterocycles. The average molecular weight is 189 g/mol. The lowest BCUT2D eigenvalue weighted by Crippen LogP contribution is -2.36. The molecule has 2 nitrogen and oxygen atoms in total. The Morgan fingerprint density at radius 3 is 2.64 bits per heavy atom. The maximum Gasteiger partial charge on any atom is 0.0771 e. The lowest BCUT2D eigenvalue weighted by Gasteiger charge is -2.28. The predicted octanol–water partition coefficient (Wildman–Crippen LogP) is 1.97. The Kier molecular flexibility index (Phi) is 1.77. The number of morpholine rings is 1. The molecule has 74 valence electrons. The van der Waals surface area contributed by atoms with E-state index in [-0.39, 0.29) is 0 Å². The molecule has 1 aromatic carbocycles. The number of anilines is 1. The van der Waals surface area contributed by atoms with Gasteiger partial charge in [-0.05, 0) is 25.5 Å². The van der Waals surface area contributed by atoms with Gasteiger partial charge in [-0.15, -0.1) is 0 Å². The fourth-order valence-corrected chi connectivity index (χ4v) is 2.45. The molecule has 2 atom stereocenters. The fourth-order valence-electron chi connectivity index (χ4n) is 2.45. The van der Waals surface area contributed by atoms with Crippen molar-refractivity contribution in [3.8, 4) is 0 Å². The summed E-state index contributed by atoms with van der Waals surface area (Å²) in [5.41, 5.74) is 2.68. The van der Waals surface area contributed by atoms with Gasteiger partial charge in [-0.2, -0.15) is 0 Å². The van der Waals surface area contributed by atoms with E-state index in [4.69, 9.17) is 4.74 Å². The number of fused-ring (bicyclic) bond motifs is 2. The van der Waals surface area contributed by atoms with Crippen molar-refractivity contribution in [2.45, 2.75) is 25.5 Å². The first kappa shape index (κ1) is 8.30. The maximum absolute atomic E-state index is 5.59. The van der Waals surface area contributed by atoms with Gasteiger partial charge < -0.3 is 9.64 Å². The molecule has 0 amide bonds. The Hall–Kier alpha value is -1.02. The van der Waals surface area contributed by atoms with Crippen LogP contribution in [0.2, 0.25) is 0 Å². The molecule has 2 aliphatic rings. The number of rotatable bonds is 1. The van der Waals surface area contributed by atoms with E-state index in [1.54, 1.807) is 0 Å². The van der Waals surface area contributed by atoms with Crippen molar-refractivity contribution < 1.29 is 4.74 Å². The zero-order valence-corrected chi connectivity index (χ0v) is 8.44. The van der Waals surface area contributed by atoms with Gasteiger partial charge in [0.15, 0.2) is 0 Å². The number of ether oxygens (including phenoxy) is 1. The first-order valence-corrected chi connectivity index (χ1v) is 5.28. The normalized spacial score (nSPS) is 29.9. The van der Waals surface area contributed by atoms with Crippen LogP contribution in [0.15, 0.2) is 24.3 Å². The van der Waals surface area contributed by atoms with E-state index in [2.05, 4.69) is 36.1 Å². The summed E-state index contributed by atoms with van der Waals surface area (Å²) in [4.78, 5) is 2.48. The van der Waals surface area contributed by atoms with Gasteiger partial charge in [0.05, 0.1) is 18.8 Å². The van der Waals surface area contributed by atoms with Crippen LogP contribution in [0, 0.1) is 6.92 Å². The third-order valence-electron chi connectivity index (χ3n) is 3.27. The topological polar surface area (TPSA) is 12.5 Å². The predicted molar refractivity (Wildman–Crippen MR) is 56.7 cm³/mol. The van der Waals surface area contributed by atoms with Crippen molar-refractivity contribution in [2.24, 2.45) is 0 Å². The molecule has 0 unspecified atom stereocenters. The highest BCUT2D eigenvalue weighted by atomic mass is 16.5. The highest BCUT2D eigenvalue weighted by Crippen LogP contribution is 2.32. The van der Waals surface area contributed by atoms with Crippen LogP contribution in [0.4, 0.5) is 5.69 Å². The second-order valence-electron chi connectivity index (χ2n) is 4.33. The Balaban J connectivity index is 1.86. The van der Waals surface area contributed by atoms with Gasteiger partial charge >= 0.3 is 0 Å². The van der Waals surface area contributed by atoms with E-state index < -0.39 is 0 Å². The summed E-state index contributed by atoms with van der Waals surface area (Å²) in [5.74, 6) is 0. The molecule has 0 aliphatic carbocycles. The van der Waals surface area contributed by atoms with Crippen molar-refractivity contribution in [1.82, 2.24) is 0 Å². The molecule has 2 aliphatic heterocycles. The van der Waals surface area contributed by atoms with Crippen LogP contribution in [-0.2, 0) is 4.74 Å². The van der Waals surface area contributed by atoms with Crippen LogP contribution < -0.4 is 4.90 Å². The summed E-state index contributed by atoms with van der Waals surface area (Å²) >= 11 is 0. The van der Waals surface area contributed by atoms with Crippen molar-refractivity contribution in [2.75, 3.05) is 18.1 Å². The lowest BCUT2D eigenvalue weighted by atomic mass is 10.2. The van der Waals surface area contributed by atoms with E-state index in [0.717, 1.165) is 13.2 Å². The molecule has 0 saturated carbocycles. The Labute approximate surface area is 84.5 Å². The molecule has 2 bridgehead atoms. The van der Waals surface area contributed by atoms with Crippen molar-refractivity contribution >= 4 is 5.69 Å². The lowest BCUT2D eigenvalue weighted by molar-refractivity contribution is 0.0991. The second-order valence-corrected chi connectivity index (χ2v) is 4.33. The van der Waals surface area contributed by atoms with Gasteiger partial charge in [0.25, 0.3) is 0 Å². The quantitative estimate of drug-likeness (QED) is 0.669. The summed E-state index contributed by atoms with van der Waals surface area (Å²) < 4.78 is 5.59. The monoisotopic (exact) mass is 189 g/mol. The van der Waals surface area contributed by atoms with Gasteiger partial charge in [-0.1, -0.05) is 17.7 Å². The molecule has 14 heavy (non-hydrogen) atoms. The molecule has 2 saturated heterocycles. The number of nitrogens with zero attached hydrogens (tertiary/aromatic N) is 1. The van der Waals surface area contributed by atoms with E-state index in [1.165, 1.54) is 17.7 Å². The molecule has 1 aromatic rings. The van der Waals surface area contributed by atoms with Gasteiger partial charge in [0.2, 0.25) is 0 Å².